The lowest BCUT2D eigenvalue weighted by Crippen LogP contribution is -2.29. The largest absolute Gasteiger partial charge is 0.381 e. The van der Waals surface area contributed by atoms with E-state index in [9.17, 15) is 4.79 Å². The molecule has 1 aliphatic rings. The van der Waals surface area contributed by atoms with Crippen LogP contribution in [-0.4, -0.2) is 45.4 Å². The van der Waals surface area contributed by atoms with Crippen molar-refractivity contribution in [3.8, 4) is 0 Å². The van der Waals surface area contributed by atoms with Crippen LogP contribution in [0.4, 0.5) is 0 Å². The Kier molecular flexibility index (Phi) is 7.12. The zero-order valence-corrected chi connectivity index (χ0v) is 9.74. The van der Waals surface area contributed by atoms with Crippen LogP contribution < -0.4 is 11.1 Å². The van der Waals surface area contributed by atoms with Crippen LogP contribution in [0.3, 0.4) is 0 Å². The van der Waals surface area contributed by atoms with E-state index < -0.39 is 0 Å². The van der Waals surface area contributed by atoms with Crippen LogP contribution in [0.1, 0.15) is 19.3 Å². The van der Waals surface area contributed by atoms with Crippen molar-refractivity contribution in [3.05, 3.63) is 0 Å². The fourth-order valence-electron chi connectivity index (χ4n) is 1.24. The average molecular weight is 230 g/mol. The predicted octanol–water partition coefficient (Wildman–Crippen LogP) is -0.105. The van der Waals surface area contributed by atoms with Crippen molar-refractivity contribution >= 4 is 5.91 Å². The summed E-state index contributed by atoms with van der Waals surface area (Å²) in [5.41, 5.74) is 5.23. The molecule has 0 atom stereocenters. The van der Waals surface area contributed by atoms with Gasteiger partial charge in [-0.25, -0.2) is 0 Å². The predicted molar refractivity (Wildman–Crippen MR) is 61.0 cm³/mol. The number of rotatable bonds is 10. The van der Waals surface area contributed by atoms with E-state index in [2.05, 4.69) is 5.32 Å². The monoisotopic (exact) mass is 230 g/mol. The van der Waals surface area contributed by atoms with Crippen molar-refractivity contribution in [2.45, 2.75) is 19.3 Å². The third-order valence-corrected chi connectivity index (χ3v) is 2.33. The van der Waals surface area contributed by atoms with Gasteiger partial charge in [-0.1, -0.05) is 0 Å². The summed E-state index contributed by atoms with van der Waals surface area (Å²) in [6, 6.07) is 0. The molecule has 0 aromatic carbocycles. The Balaban J connectivity index is 1.76. The van der Waals surface area contributed by atoms with Gasteiger partial charge in [-0.15, -0.1) is 0 Å². The van der Waals surface area contributed by atoms with Gasteiger partial charge < -0.3 is 20.5 Å². The Labute approximate surface area is 96.7 Å². The quantitative estimate of drug-likeness (QED) is 0.514. The van der Waals surface area contributed by atoms with Gasteiger partial charge in [0.05, 0.1) is 6.61 Å². The summed E-state index contributed by atoms with van der Waals surface area (Å²) in [6.07, 6.45) is 3.49. The first-order valence-corrected chi connectivity index (χ1v) is 5.95. The zero-order valence-electron chi connectivity index (χ0n) is 9.74. The van der Waals surface area contributed by atoms with E-state index in [1.54, 1.807) is 0 Å². The second-order valence-electron chi connectivity index (χ2n) is 4.06. The molecule has 0 aromatic rings. The zero-order chi connectivity index (χ0) is 11.6. The molecule has 0 spiro atoms. The summed E-state index contributed by atoms with van der Waals surface area (Å²) in [6.45, 7) is 3.23. The van der Waals surface area contributed by atoms with E-state index in [4.69, 9.17) is 15.2 Å². The summed E-state index contributed by atoms with van der Waals surface area (Å²) >= 11 is 0. The Morgan fingerprint density at radius 1 is 1.31 bits per heavy atom. The number of hydrogen-bond donors (Lipinski definition) is 2. The van der Waals surface area contributed by atoms with E-state index in [1.807, 2.05) is 0 Å². The van der Waals surface area contributed by atoms with Crippen LogP contribution >= 0.6 is 0 Å². The highest BCUT2D eigenvalue weighted by atomic mass is 16.5. The van der Waals surface area contributed by atoms with Gasteiger partial charge in [-0.2, -0.15) is 0 Å². The molecule has 5 nitrogen and oxygen atoms in total. The molecule has 94 valence electrons. The van der Waals surface area contributed by atoms with E-state index in [0.29, 0.717) is 19.7 Å². The third kappa shape index (κ3) is 7.62. The number of carbonyl (C=O) groups excluding carboxylic acids is 1. The van der Waals surface area contributed by atoms with Crippen LogP contribution in [0.15, 0.2) is 0 Å². The number of nitrogens with one attached hydrogen (secondary N) is 1. The minimum Gasteiger partial charge on any atom is -0.381 e. The molecule has 3 N–H and O–H groups in total. The van der Waals surface area contributed by atoms with Crippen LogP contribution in [-0.2, 0) is 14.3 Å². The van der Waals surface area contributed by atoms with Gasteiger partial charge in [-0.05, 0) is 25.2 Å². The number of nitrogens with two attached hydrogens (primary N) is 1. The highest BCUT2D eigenvalue weighted by Gasteiger charge is 2.20. The Hall–Kier alpha value is -0.650. The molecule has 1 rings (SSSR count). The minimum absolute atomic E-state index is 0.0874. The maximum atomic E-state index is 11.2. The highest BCUT2D eigenvalue weighted by Crippen LogP contribution is 2.28. The third-order valence-electron chi connectivity index (χ3n) is 2.33. The van der Waals surface area contributed by atoms with Crippen molar-refractivity contribution in [1.29, 1.82) is 0 Å². The van der Waals surface area contributed by atoms with Gasteiger partial charge in [0, 0.05) is 26.3 Å². The van der Waals surface area contributed by atoms with E-state index >= 15 is 0 Å². The first-order chi connectivity index (χ1) is 7.83. The highest BCUT2D eigenvalue weighted by molar-refractivity contribution is 5.77. The maximum absolute atomic E-state index is 11.2. The van der Waals surface area contributed by atoms with Crippen molar-refractivity contribution < 1.29 is 14.3 Å². The smallest absolute Gasteiger partial charge is 0.245 e. The van der Waals surface area contributed by atoms with Crippen molar-refractivity contribution in [2.75, 3.05) is 39.5 Å². The summed E-state index contributed by atoms with van der Waals surface area (Å²) in [4.78, 5) is 11.2. The molecule has 0 radical (unpaired) electrons. The lowest BCUT2D eigenvalue weighted by atomic mass is 10.4. The number of carbonyl (C=O) groups is 1. The molecular formula is C11H22N2O3. The van der Waals surface area contributed by atoms with E-state index in [-0.39, 0.29) is 12.5 Å². The second kappa shape index (κ2) is 8.50. The Morgan fingerprint density at radius 3 is 2.81 bits per heavy atom. The first kappa shape index (κ1) is 13.4. The molecule has 1 fully saturated rings. The molecule has 0 bridgehead atoms. The number of amides is 1. The van der Waals surface area contributed by atoms with Crippen LogP contribution in [0, 0.1) is 5.92 Å². The molecule has 0 heterocycles. The molecule has 0 aliphatic heterocycles. The maximum Gasteiger partial charge on any atom is 0.245 e. The molecule has 0 aromatic heterocycles. The summed E-state index contributed by atoms with van der Waals surface area (Å²) in [7, 11) is 0. The van der Waals surface area contributed by atoms with Gasteiger partial charge in [0.25, 0.3) is 0 Å². The molecule has 1 aliphatic carbocycles. The SMILES string of the molecule is NCCOCC(=O)NCCCOCC1CC1. The van der Waals surface area contributed by atoms with Gasteiger partial charge >= 0.3 is 0 Å². The first-order valence-electron chi connectivity index (χ1n) is 5.95. The van der Waals surface area contributed by atoms with Crippen LogP contribution in [0.5, 0.6) is 0 Å². The lowest BCUT2D eigenvalue weighted by molar-refractivity contribution is -0.125. The van der Waals surface area contributed by atoms with E-state index in [1.165, 1.54) is 12.8 Å². The minimum atomic E-state index is -0.0874. The average Bonchev–Trinajstić information content (AvgIpc) is 3.07. The normalized spacial score (nSPS) is 15.1. The standard InChI is InChI=1S/C11H22N2O3/c12-4-7-16-9-11(14)13-5-1-6-15-8-10-2-3-10/h10H,1-9,12H2,(H,13,14). The van der Waals surface area contributed by atoms with Crippen molar-refractivity contribution in [1.82, 2.24) is 5.32 Å². The Bertz CT molecular complexity index is 196. The molecule has 16 heavy (non-hydrogen) atoms. The lowest BCUT2D eigenvalue weighted by Gasteiger charge is -2.06. The molecule has 0 unspecified atom stereocenters. The van der Waals surface area contributed by atoms with Crippen LogP contribution in [0.25, 0.3) is 0 Å². The summed E-state index contributed by atoms with van der Waals surface area (Å²) in [5.74, 6) is 0.717. The second-order valence-corrected chi connectivity index (χ2v) is 4.06. The van der Waals surface area contributed by atoms with E-state index in [0.717, 1.165) is 25.6 Å². The topological polar surface area (TPSA) is 73.6 Å². The fraction of sp³-hybridized carbons (Fsp3) is 0.909. The number of hydrogen-bond acceptors (Lipinski definition) is 4. The van der Waals surface area contributed by atoms with Crippen LogP contribution in [0.2, 0.25) is 0 Å². The van der Waals surface area contributed by atoms with Gasteiger partial charge in [0.15, 0.2) is 0 Å². The number of ether oxygens (including phenoxy) is 2. The molecule has 1 saturated carbocycles. The molecule has 0 saturated heterocycles. The van der Waals surface area contributed by atoms with Gasteiger partial charge in [-0.3, -0.25) is 4.79 Å². The molecule has 5 heteroatoms. The van der Waals surface area contributed by atoms with Crippen molar-refractivity contribution in [2.24, 2.45) is 11.7 Å². The van der Waals surface area contributed by atoms with Crippen molar-refractivity contribution in [3.63, 3.8) is 0 Å². The molecule has 1 amide bonds. The molecular weight excluding hydrogens is 208 g/mol. The Morgan fingerprint density at radius 2 is 2.12 bits per heavy atom. The summed E-state index contributed by atoms with van der Waals surface area (Å²) < 4.78 is 10.4. The fourth-order valence-corrected chi connectivity index (χ4v) is 1.24. The van der Waals surface area contributed by atoms with Gasteiger partial charge in [0.2, 0.25) is 5.91 Å². The van der Waals surface area contributed by atoms with Gasteiger partial charge in [0.1, 0.15) is 6.61 Å². The summed E-state index contributed by atoms with van der Waals surface area (Å²) in [5, 5.41) is 2.76.